The molecule has 1 aliphatic heterocycles. The van der Waals surface area contributed by atoms with E-state index in [1.165, 1.54) is 0 Å². The molecule has 22 heavy (non-hydrogen) atoms. The molecule has 0 bridgehead atoms. The molecule has 0 saturated carbocycles. The Hall–Kier alpha value is -2.82. The molecule has 1 atom stereocenters. The number of hydrogen-bond acceptors (Lipinski definition) is 5. The lowest BCUT2D eigenvalue weighted by atomic mass is 10.1. The topological polar surface area (TPSA) is 76.7 Å². The summed E-state index contributed by atoms with van der Waals surface area (Å²) in [5, 5.41) is 3.22. The van der Waals surface area contributed by atoms with E-state index in [-0.39, 0.29) is 11.9 Å². The van der Waals surface area contributed by atoms with Crippen LogP contribution < -0.4 is 15.8 Å². The van der Waals surface area contributed by atoms with E-state index < -0.39 is 0 Å². The van der Waals surface area contributed by atoms with E-state index in [0.29, 0.717) is 22.8 Å². The second-order valence-electron chi connectivity index (χ2n) is 5.25. The molecule has 0 spiro atoms. The molecule has 5 heteroatoms. The summed E-state index contributed by atoms with van der Waals surface area (Å²) in [6, 6.07) is 12.7. The van der Waals surface area contributed by atoms with Crippen molar-refractivity contribution in [2.24, 2.45) is 4.99 Å². The van der Waals surface area contributed by atoms with Crippen LogP contribution in [0, 0.1) is 0 Å². The molecule has 2 aromatic rings. The number of anilines is 2. The molecule has 112 valence electrons. The molecule has 0 fully saturated rings. The summed E-state index contributed by atoms with van der Waals surface area (Å²) < 4.78 is 5.83. The van der Waals surface area contributed by atoms with Gasteiger partial charge in [0.1, 0.15) is 17.3 Å². The number of nitrogens with two attached hydrogens (primary N) is 1. The lowest BCUT2D eigenvalue weighted by Gasteiger charge is -2.24. The summed E-state index contributed by atoms with van der Waals surface area (Å²) >= 11 is 0. The highest BCUT2D eigenvalue weighted by molar-refractivity contribution is 6.03. The molecule has 2 aromatic carbocycles. The number of ether oxygens (including phenoxy) is 1. The van der Waals surface area contributed by atoms with Crippen molar-refractivity contribution in [3.05, 3.63) is 48.0 Å². The zero-order chi connectivity index (χ0) is 15.7. The quantitative estimate of drug-likeness (QED) is 0.657. The van der Waals surface area contributed by atoms with Crippen LogP contribution in [0.5, 0.6) is 5.75 Å². The number of nitrogens with one attached hydrogen (secondary N) is 1. The van der Waals surface area contributed by atoms with E-state index in [0.717, 1.165) is 11.4 Å². The van der Waals surface area contributed by atoms with Crippen molar-refractivity contribution >= 4 is 28.7 Å². The van der Waals surface area contributed by atoms with Gasteiger partial charge < -0.3 is 15.8 Å². The van der Waals surface area contributed by atoms with Crippen molar-refractivity contribution in [3.63, 3.8) is 0 Å². The van der Waals surface area contributed by atoms with E-state index in [4.69, 9.17) is 10.5 Å². The number of fused-ring (bicyclic) bond motifs is 1. The lowest BCUT2D eigenvalue weighted by Crippen LogP contribution is -2.32. The zero-order valence-corrected chi connectivity index (χ0v) is 12.5. The minimum absolute atomic E-state index is 0.0272. The largest absolute Gasteiger partial charge is 0.480 e. The molecular formula is C17H17N3O2. The molecule has 0 aromatic heterocycles. The average Bonchev–Trinajstić information content (AvgIpc) is 2.48. The van der Waals surface area contributed by atoms with E-state index >= 15 is 0 Å². The smallest absolute Gasteiger partial charge is 0.159 e. The predicted octanol–water partition coefficient (Wildman–Crippen LogP) is 3.39. The number of hydrogen-bond donors (Lipinski definition) is 2. The molecule has 1 heterocycles. The summed E-state index contributed by atoms with van der Waals surface area (Å²) in [6.07, 6.45) is -0.227. The van der Waals surface area contributed by atoms with Gasteiger partial charge in [0.15, 0.2) is 11.9 Å². The Morgan fingerprint density at radius 1 is 1.27 bits per heavy atom. The third kappa shape index (κ3) is 2.79. The standard InChI is InChI=1S/C17H17N3O2/c1-10(21)12-4-3-5-14(8-12)19-17-11(2)22-16-9-13(18)6-7-15(16)20-17/h3-9,11H,18H2,1-2H3,(H,19,20). The lowest BCUT2D eigenvalue weighted by molar-refractivity contribution is 0.101. The Balaban J connectivity index is 1.90. The maximum Gasteiger partial charge on any atom is 0.159 e. The van der Waals surface area contributed by atoms with Gasteiger partial charge in [-0.3, -0.25) is 4.79 Å². The van der Waals surface area contributed by atoms with E-state index in [9.17, 15) is 4.79 Å². The Labute approximate surface area is 128 Å². The van der Waals surface area contributed by atoms with Gasteiger partial charge >= 0.3 is 0 Å². The van der Waals surface area contributed by atoms with Gasteiger partial charge in [0, 0.05) is 23.0 Å². The number of Topliss-reactive ketones (excluding diaryl/α,β-unsaturated/α-hetero) is 1. The van der Waals surface area contributed by atoms with Gasteiger partial charge in [0.25, 0.3) is 0 Å². The van der Waals surface area contributed by atoms with E-state index in [1.807, 2.05) is 25.1 Å². The number of amidine groups is 1. The van der Waals surface area contributed by atoms with Crippen LogP contribution in [0.25, 0.3) is 0 Å². The summed E-state index contributed by atoms with van der Waals surface area (Å²) in [4.78, 5) is 16.0. The van der Waals surface area contributed by atoms with Gasteiger partial charge in [0.05, 0.1) is 0 Å². The molecule has 3 rings (SSSR count). The van der Waals surface area contributed by atoms with Gasteiger partial charge in [-0.25, -0.2) is 4.99 Å². The molecule has 5 nitrogen and oxygen atoms in total. The third-order valence-electron chi connectivity index (χ3n) is 3.46. The van der Waals surface area contributed by atoms with Crippen LogP contribution >= 0.6 is 0 Å². The predicted molar refractivity (Wildman–Crippen MR) is 88.1 cm³/mol. The first-order valence-corrected chi connectivity index (χ1v) is 7.06. The summed E-state index contributed by atoms with van der Waals surface area (Å²) in [7, 11) is 0. The van der Waals surface area contributed by atoms with Crippen molar-refractivity contribution in [2.45, 2.75) is 20.0 Å². The first-order valence-electron chi connectivity index (χ1n) is 7.06. The Kier molecular flexibility index (Phi) is 3.55. The highest BCUT2D eigenvalue weighted by Crippen LogP contribution is 2.34. The van der Waals surface area contributed by atoms with Crippen LogP contribution in [0.2, 0.25) is 0 Å². The van der Waals surface area contributed by atoms with Crippen LogP contribution in [0.4, 0.5) is 17.1 Å². The molecule has 0 aliphatic carbocycles. The molecule has 1 unspecified atom stereocenters. The third-order valence-corrected chi connectivity index (χ3v) is 3.46. The number of benzene rings is 2. The monoisotopic (exact) mass is 295 g/mol. The molecule has 3 N–H and O–H groups in total. The molecule has 0 amide bonds. The van der Waals surface area contributed by atoms with Crippen LogP contribution in [0.15, 0.2) is 47.5 Å². The fourth-order valence-corrected chi connectivity index (χ4v) is 2.28. The molecular weight excluding hydrogens is 278 g/mol. The second kappa shape index (κ2) is 5.52. The number of aliphatic imine (C=N–C) groups is 1. The maximum atomic E-state index is 11.5. The number of carbonyl (C=O) groups excluding carboxylic acids is 1. The van der Waals surface area contributed by atoms with Gasteiger partial charge in [-0.15, -0.1) is 0 Å². The summed E-state index contributed by atoms with van der Waals surface area (Å²) in [5.41, 5.74) is 8.60. The molecule has 0 radical (unpaired) electrons. The van der Waals surface area contributed by atoms with Gasteiger partial charge in [-0.05, 0) is 38.1 Å². The van der Waals surface area contributed by atoms with Gasteiger partial charge in [0.2, 0.25) is 0 Å². The van der Waals surface area contributed by atoms with Gasteiger partial charge in [-0.2, -0.15) is 0 Å². The number of nitrogen functional groups attached to an aromatic ring is 1. The van der Waals surface area contributed by atoms with Crippen LogP contribution in [0.1, 0.15) is 24.2 Å². The van der Waals surface area contributed by atoms with Crippen LogP contribution in [-0.4, -0.2) is 17.7 Å². The van der Waals surface area contributed by atoms with Gasteiger partial charge in [-0.1, -0.05) is 12.1 Å². The highest BCUT2D eigenvalue weighted by atomic mass is 16.5. The Morgan fingerprint density at radius 3 is 2.86 bits per heavy atom. The van der Waals surface area contributed by atoms with Crippen molar-refractivity contribution < 1.29 is 9.53 Å². The zero-order valence-electron chi connectivity index (χ0n) is 12.5. The number of ketones is 1. The average molecular weight is 295 g/mol. The minimum Gasteiger partial charge on any atom is -0.480 e. The van der Waals surface area contributed by atoms with Crippen LogP contribution in [-0.2, 0) is 0 Å². The number of carbonyl (C=O) groups is 1. The summed E-state index contributed by atoms with van der Waals surface area (Å²) in [5.74, 6) is 1.40. The number of rotatable bonds is 2. The normalized spacial score (nSPS) is 16.3. The fraction of sp³-hybridized carbons (Fsp3) is 0.176. The Morgan fingerprint density at radius 2 is 2.09 bits per heavy atom. The second-order valence-corrected chi connectivity index (χ2v) is 5.25. The first-order chi connectivity index (χ1) is 10.5. The highest BCUT2D eigenvalue weighted by Gasteiger charge is 2.21. The Bertz CT molecular complexity index is 768. The molecule has 1 aliphatic rings. The molecule has 0 saturated heterocycles. The van der Waals surface area contributed by atoms with Crippen molar-refractivity contribution in [2.75, 3.05) is 11.1 Å². The van der Waals surface area contributed by atoms with Crippen LogP contribution in [0.3, 0.4) is 0 Å². The summed E-state index contributed by atoms with van der Waals surface area (Å²) in [6.45, 7) is 3.45. The minimum atomic E-state index is -0.227. The number of nitrogens with zero attached hydrogens (tertiary/aromatic N) is 1. The van der Waals surface area contributed by atoms with E-state index in [1.54, 1.807) is 31.2 Å². The van der Waals surface area contributed by atoms with Crippen molar-refractivity contribution in [3.8, 4) is 5.75 Å². The SMILES string of the molecule is CC(=O)c1cccc(NC2=Nc3ccc(N)cc3OC2C)c1. The van der Waals surface area contributed by atoms with Crippen molar-refractivity contribution in [1.29, 1.82) is 0 Å². The van der Waals surface area contributed by atoms with E-state index in [2.05, 4.69) is 10.3 Å². The fourth-order valence-electron chi connectivity index (χ4n) is 2.28. The first kappa shape index (κ1) is 14.1. The maximum absolute atomic E-state index is 11.5. The van der Waals surface area contributed by atoms with Crippen molar-refractivity contribution in [1.82, 2.24) is 0 Å².